The number of hydrogen-bond acceptors (Lipinski definition) is 5. The smallest absolute Gasteiger partial charge is 0.273 e. The molecule has 0 unspecified atom stereocenters. The highest BCUT2D eigenvalue weighted by Gasteiger charge is 2.17. The van der Waals surface area contributed by atoms with E-state index in [-0.39, 0.29) is 11.6 Å². The molecule has 1 saturated heterocycles. The standard InChI is InChI=1S/C22H27N3O4/c1-17-20(5-4-6-21(17)25(27)28)22(26)23-12-11-18-7-9-19(10-8-18)29-16-15-24-13-2-3-14-24/h4-10H,2-3,11-16H2,1H3,(H,23,26). The Morgan fingerprint density at radius 3 is 2.59 bits per heavy atom. The number of benzene rings is 2. The minimum atomic E-state index is -0.471. The molecule has 0 atom stereocenters. The molecule has 0 radical (unpaired) electrons. The molecule has 7 heteroatoms. The minimum absolute atomic E-state index is 0.0435. The molecule has 154 valence electrons. The van der Waals surface area contributed by atoms with Crippen LogP contribution in [-0.2, 0) is 6.42 Å². The lowest BCUT2D eigenvalue weighted by molar-refractivity contribution is -0.385. The second kappa shape index (κ2) is 10.0. The first-order valence-corrected chi connectivity index (χ1v) is 10.0. The first-order valence-electron chi connectivity index (χ1n) is 10.0. The Morgan fingerprint density at radius 2 is 1.90 bits per heavy atom. The van der Waals surface area contributed by atoms with Crippen LogP contribution in [0.5, 0.6) is 5.75 Å². The second-order valence-electron chi connectivity index (χ2n) is 7.25. The van der Waals surface area contributed by atoms with Gasteiger partial charge in [0, 0.05) is 30.3 Å². The van der Waals surface area contributed by atoms with Crippen LogP contribution < -0.4 is 10.1 Å². The quantitative estimate of drug-likeness (QED) is 0.518. The molecule has 1 heterocycles. The largest absolute Gasteiger partial charge is 0.492 e. The maximum atomic E-state index is 12.4. The van der Waals surface area contributed by atoms with E-state index in [0.717, 1.165) is 17.9 Å². The summed E-state index contributed by atoms with van der Waals surface area (Å²) in [6.45, 7) is 6.04. The van der Waals surface area contributed by atoms with Crippen molar-refractivity contribution in [1.29, 1.82) is 0 Å². The molecule has 0 aromatic heterocycles. The molecule has 1 N–H and O–H groups in total. The van der Waals surface area contributed by atoms with Crippen LogP contribution in [0.1, 0.15) is 34.3 Å². The van der Waals surface area contributed by atoms with E-state index in [1.165, 1.54) is 38.1 Å². The van der Waals surface area contributed by atoms with Gasteiger partial charge in [-0.2, -0.15) is 0 Å². The number of nitrogens with one attached hydrogen (secondary N) is 1. The van der Waals surface area contributed by atoms with Gasteiger partial charge in [-0.3, -0.25) is 19.8 Å². The Hall–Kier alpha value is -2.93. The zero-order valence-electron chi connectivity index (χ0n) is 16.7. The molecule has 3 rings (SSSR count). The summed E-state index contributed by atoms with van der Waals surface area (Å²) in [7, 11) is 0. The molecule has 1 aliphatic rings. The van der Waals surface area contributed by atoms with Crippen LogP contribution in [0.15, 0.2) is 42.5 Å². The average Bonchev–Trinajstić information content (AvgIpc) is 3.22. The van der Waals surface area contributed by atoms with E-state index in [9.17, 15) is 14.9 Å². The van der Waals surface area contributed by atoms with E-state index >= 15 is 0 Å². The van der Waals surface area contributed by atoms with E-state index in [1.807, 2.05) is 24.3 Å². The third-order valence-electron chi connectivity index (χ3n) is 5.24. The van der Waals surface area contributed by atoms with Gasteiger partial charge in [0.15, 0.2) is 0 Å². The lowest BCUT2D eigenvalue weighted by atomic mass is 10.1. The van der Waals surface area contributed by atoms with Gasteiger partial charge in [-0.25, -0.2) is 0 Å². The van der Waals surface area contributed by atoms with Crippen LogP contribution in [0.25, 0.3) is 0 Å². The van der Waals surface area contributed by atoms with E-state index < -0.39 is 4.92 Å². The first-order chi connectivity index (χ1) is 14.0. The van der Waals surface area contributed by atoms with Crippen molar-refractivity contribution in [2.45, 2.75) is 26.2 Å². The van der Waals surface area contributed by atoms with E-state index in [4.69, 9.17) is 4.74 Å². The van der Waals surface area contributed by atoms with Crippen molar-refractivity contribution >= 4 is 11.6 Å². The third kappa shape index (κ3) is 5.77. The maximum Gasteiger partial charge on any atom is 0.273 e. The number of rotatable bonds is 9. The zero-order valence-corrected chi connectivity index (χ0v) is 16.7. The highest BCUT2D eigenvalue weighted by atomic mass is 16.6. The molecule has 7 nitrogen and oxygen atoms in total. The van der Waals surface area contributed by atoms with Gasteiger partial charge >= 0.3 is 0 Å². The summed E-state index contributed by atoms with van der Waals surface area (Å²) in [6, 6.07) is 12.4. The predicted octanol–water partition coefficient (Wildman–Crippen LogP) is 3.35. The number of carbonyl (C=O) groups excluding carboxylic acids is 1. The highest BCUT2D eigenvalue weighted by Crippen LogP contribution is 2.21. The Labute approximate surface area is 170 Å². The van der Waals surface area contributed by atoms with Gasteiger partial charge in [-0.1, -0.05) is 18.2 Å². The van der Waals surface area contributed by atoms with E-state index in [0.29, 0.717) is 30.7 Å². The Morgan fingerprint density at radius 1 is 1.17 bits per heavy atom. The highest BCUT2D eigenvalue weighted by molar-refractivity contribution is 5.96. The second-order valence-corrected chi connectivity index (χ2v) is 7.25. The molecule has 1 aliphatic heterocycles. The lowest BCUT2D eigenvalue weighted by Gasteiger charge is -2.15. The summed E-state index contributed by atoms with van der Waals surface area (Å²) in [4.78, 5) is 25.3. The molecule has 0 saturated carbocycles. The van der Waals surface area contributed by atoms with Crippen molar-refractivity contribution in [3.05, 3.63) is 69.3 Å². The van der Waals surface area contributed by atoms with E-state index in [2.05, 4.69) is 10.2 Å². The average molecular weight is 397 g/mol. The number of likely N-dealkylation sites (tertiary alicyclic amines) is 1. The molecule has 2 aromatic rings. The number of ether oxygens (including phenoxy) is 1. The molecule has 1 amide bonds. The van der Waals surface area contributed by atoms with Gasteiger partial charge < -0.3 is 10.1 Å². The summed E-state index contributed by atoms with van der Waals surface area (Å²) in [5.74, 6) is 0.553. The number of nitrogens with zero attached hydrogens (tertiary/aromatic N) is 2. The van der Waals surface area contributed by atoms with Gasteiger partial charge in [0.25, 0.3) is 11.6 Å². The summed E-state index contributed by atoms with van der Waals surface area (Å²) in [5.41, 5.74) is 1.76. The van der Waals surface area contributed by atoms with Crippen molar-refractivity contribution in [3.8, 4) is 5.75 Å². The molecule has 0 bridgehead atoms. The number of nitro benzene ring substituents is 1. The molecule has 29 heavy (non-hydrogen) atoms. The Balaban J connectivity index is 1.43. The molecule has 1 fully saturated rings. The fraction of sp³-hybridized carbons (Fsp3) is 0.409. The molecule has 0 aliphatic carbocycles. The molecule has 0 spiro atoms. The predicted molar refractivity (Wildman–Crippen MR) is 111 cm³/mol. The van der Waals surface area contributed by atoms with Crippen molar-refractivity contribution in [1.82, 2.24) is 10.2 Å². The number of carbonyl (C=O) groups is 1. The molecular weight excluding hydrogens is 370 g/mol. The fourth-order valence-electron chi connectivity index (χ4n) is 3.53. The Kier molecular flexibility index (Phi) is 7.19. The summed E-state index contributed by atoms with van der Waals surface area (Å²) in [6.07, 6.45) is 3.24. The number of amides is 1. The minimum Gasteiger partial charge on any atom is -0.492 e. The van der Waals surface area contributed by atoms with Gasteiger partial charge in [0.05, 0.1) is 4.92 Å². The molecular formula is C22H27N3O4. The van der Waals surface area contributed by atoms with Crippen LogP contribution >= 0.6 is 0 Å². The van der Waals surface area contributed by atoms with Crippen molar-refractivity contribution in [3.63, 3.8) is 0 Å². The zero-order chi connectivity index (χ0) is 20.6. The van der Waals surface area contributed by atoms with Crippen LogP contribution in [0, 0.1) is 17.0 Å². The van der Waals surface area contributed by atoms with Crippen LogP contribution in [0.3, 0.4) is 0 Å². The number of nitro groups is 1. The maximum absolute atomic E-state index is 12.4. The summed E-state index contributed by atoms with van der Waals surface area (Å²) in [5, 5.41) is 13.9. The SMILES string of the molecule is Cc1c(C(=O)NCCc2ccc(OCCN3CCCC3)cc2)cccc1[N+](=O)[O-]. The van der Waals surface area contributed by atoms with Gasteiger partial charge in [0.2, 0.25) is 0 Å². The van der Waals surface area contributed by atoms with Gasteiger partial charge in [-0.05, 0) is 63.0 Å². The number of hydrogen-bond donors (Lipinski definition) is 1. The van der Waals surface area contributed by atoms with E-state index in [1.54, 1.807) is 13.0 Å². The van der Waals surface area contributed by atoms with Crippen LogP contribution in [0.4, 0.5) is 5.69 Å². The van der Waals surface area contributed by atoms with Gasteiger partial charge in [-0.15, -0.1) is 0 Å². The van der Waals surface area contributed by atoms with Gasteiger partial charge in [0.1, 0.15) is 12.4 Å². The Bertz CT molecular complexity index is 846. The van der Waals surface area contributed by atoms with Crippen LogP contribution in [0.2, 0.25) is 0 Å². The van der Waals surface area contributed by atoms with Crippen molar-refractivity contribution < 1.29 is 14.5 Å². The normalized spacial score (nSPS) is 14.0. The molecule has 2 aromatic carbocycles. The fourth-order valence-corrected chi connectivity index (χ4v) is 3.53. The first kappa shape index (κ1) is 20.8. The van der Waals surface area contributed by atoms with Crippen molar-refractivity contribution in [2.24, 2.45) is 0 Å². The lowest BCUT2D eigenvalue weighted by Crippen LogP contribution is -2.26. The third-order valence-corrected chi connectivity index (χ3v) is 5.24. The summed E-state index contributed by atoms with van der Waals surface area (Å²) < 4.78 is 5.80. The summed E-state index contributed by atoms with van der Waals surface area (Å²) >= 11 is 0. The monoisotopic (exact) mass is 397 g/mol. The topological polar surface area (TPSA) is 84.7 Å². The van der Waals surface area contributed by atoms with Crippen molar-refractivity contribution in [2.75, 3.05) is 32.8 Å². The van der Waals surface area contributed by atoms with Crippen LogP contribution in [-0.4, -0.2) is 48.5 Å².